The van der Waals surface area contributed by atoms with Crippen LogP contribution in [-0.2, 0) is 16.0 Å². The molecule has 1 aliphatic carbocycles. The van der Waals surface area contributed by atoms with Crippen LogP contribution < -0.4 is 5.32 Å². The standard InChI is InChI=1S/C24H25NO2/c1-3-16-6-10-17(11-7-16)19-12-21-24(22(26)13-19)20(14-23(27)25-21)18-8-4-15(2)5-9-18/h4-11,19-20H,3,12-14H2,1-2H3,(H,25,27). The summed E-state index contributed by atoms with van der Waals surface area (Å²) in [6.07, 6.45) is 2.60. The van der Waals surface area contributed by atoms with Gasteiger partial charge in [0, 0.05) is 30.0 Å². The molecular weight excluding hydrogens is 334 g/mol. The molecule has 27 heavy (non-hydrogen) atoms. The minimum absolute atomic E-state index is 0.00843. The van der Waals surface area contributed by atoms with E-state index in [1.807, 2.05) is 31.2 Å². The van der Waals surface area contributed by atoms with Crippen LogP contribution in [0.1, 0.15) is 60.3 Å². The number of hydrogen-bond acceptors (Lipinski definition) is 2. The highest BCUT2D eigenvalue weighted by Crippen LogP contribution is 2.42. The fourth-order valence-electron chi connectivity index (χ4n) is 4.30. The summed E-state index contributed by atoms with van der Waals surface area (Å²) in [4.78, 5) is 25.4. The average Bonchev–Trinajstić information content (AvgIpc) is 2.67. The topological polar surface area (TPSA) is 46.2 Å². The molecule has 0 spiro atoms. The van der Waals surface area contributed by atoms with E-state index in [2.05, 4.69) is 36.5 Å². The molecule has 2 atom stereocenters. The highest BCUT2D eigenvalue weighted by Gasteiger charge is 2.38. The molecule has 0 radical (unpaired) electrons. The Morgan fingerprint density at radius 1 is 0.889 bits per heavy atom. The van der Waals surface area contributed by atoms with Crippen molar-refractivity contribution in [2.24, 2.45) is 0 Å². The largest absolute Gasteiger partial charge is 0.329 e. The van der Waals surface area contributed by atoms with Gasteiger partial charge in [-0.2, -0.15) is 0 Å². The molecule has 138 valence electrons. The Bertz CT molecular complexity index is 906. The summed E-state index contributed by atoms with van der Waals surface area (Å²) in [5.41, 5.74) is 6.36. The molecule has 3 heteroatoms. The van der Waals surface area contributed by atoms with Crippen molar-refractivity contribution in [3.63, 3.8) is 0 Å². The second kappa shape index (κ2) is 7.15. The molecule has 0 saturated heterocycles. The van der Waals surface area contributed by atoms with Crippen LogP contribution in [0.4, 0.5) is 0 Å². The number of amides is 1. The predicted molar refractivity (Wildman–Crippen MR) is 107 cm³/mol. The van der Waals surface area contributed by atoms with Crippen LogP contribution in [0.15, 0.2) is 59.8 Å². The first-order valence-corrected chi connectivity index (χ1v) is 9.76. The number of carbonyl (C=O) groups is 2. The Balaban J connectivity index is 1.67. The number of ketones is 1. The van der Waals surface area contributed by atoms with Crippen LogP contribution in [0.2, 0.25) is 0 Å². The molecule has 4 rings (SSSR count). The molecule has 0 aromatic heterocycles. The summed E-state index contributed by atoms with van der Waals surface area (Å²) in [5.74, 6) is 0.199. The molecular formula is C24H25NO2. The van der Waals surface area contributed by atoms with Crippen molar-refractivity contribution in [1.82, 2.24) is 5.32 Å². The molecule has 1 amide bonds. The molecule has 2 aromatic rings. The monoisotopic (exact) mass is 359 g/mol. The number of aryl methyl sites for hydroxylation is 2. The summed E-state index contributed by atoms with van der Waals surface area (Å²) >= 11 is 0. The maximum Gasteiger partial charge on any atom is 0.225 e. The minimum atomic E-state index is -0.120. The van der Waals surface area contributed by atoms with E-state index in [1.165, 1.54) is 16.7 Å². The zero-order valence-corrected chi connectivity index (χ0v) is 15.9. The molecule has 2 unspecified atom stereocenters. The lowest BCUT2D eigenvalue weighted by Crippen LogP contribution is -2.38. The lowest BCUT2D eigenvalue weighted by Gasteiger charge is -2.34. The minimum Gasteiger partial charge on any atom is -0.329 e. The second-order valence-electron chi connectivity index (χ2n) is 7.73. The van der Waals surface area contributed by atoms with Crippen LogP contribution in [0.25, 0.3) is 0 Å². The van der Waals surface area contributed by atoms with Gasteiger partial charge in [-0.1, -0.05) is 61.0 Å². The molecule has 0 bridgehead atoms. The number of allylic oxidation sites excluding steroid dienone is 2. The number of nitrogens with one attached hydrogen (secondary N) is 1. The number of Topliss-reactive ketones (excluding diaryl/α,β-unsaturated/α-hetero) is 1. The van der Waals surface area contributed by atoms with E-state index in [0.29, 0.717) is 12.8 Å². The van der Waals surface area contributed by atoms with Crippen molar-refractivity contribution < 1.29 is 9.59 Å². The molecule has 3 nitrogen and oxygen atoms in total. The lowest BCUT2D eigenvalue weighted by atomic mass is 9.73. The van der Waals surface area contributed by atoms with Crippen molar-refractivity contribution in [3.8, 4) is 0 Å². The highest BCUT2D eigenvalue weighted by molar-refractivity contribution is 6.02. The second-order valence-corrected chi connectivity index (χ2v) is 7.73. The van der Waals surface area contributed by atoms with E-state index in [1.54, 1.807) is 0 Å². The quantitative estimate of drug-likeness (QED) is 0.873. The summed E-state index contributed by atoms with van der Waals surface area (Å²) in [6.45, 7) is 4.18. The first-order chi connectivity index (χ1) is 13.0. The van der Waals surface area contributed by atoms with Crippen LogP contribution in [0.5, 0.6) is 0 Å². The first kappa shape index (κ1) is 17.7. The summed E-state index contributed by atoms with van der Waals surface area (Å²) < 4.78 is 0. The zero-order valence-electron chi connectivity index (χ0n) is 15.9. The molecule has 1 N–H and O–H groups in total. The third-order valence-electron chi connectivity index (χ3n) is 5.88. The number of hydrogen-bond donors (Lipinski definition) is 1. The summed E-state index contributed by atoms with van der Waals surface area (Å²) in [5, 5.41) is 3.00. The van der Waals surface area contributed by atoms with Crippen molar-refractivity contribution in [1.29, 1.82) is 0 Å². The van der Waals surface area contributed by atoms with E-state index >= 15 is 0 Å². The van der Waals surface area contributed by atoms with Gasteiger partial charge < -0.3 is 5.32 Å². The van der Waals surface area contributed by atoms with E-state index in [0.717, 1.165) is 29.7 Å². The fourth-order valence-corrected chi connectivity index (χ4v) is 4.30. The highest BCUT2D eigenvalue weighted by atomic mass is 16.2. The van der Waals surface area contributed by atoms with Crippen LogP contribution in [0.3, 0.4) is 0 Å². The zero-order chi connectivity index (χ0) is 19.0. The van der Waals surface area contributed by atoms with Crippen LogP contribution in [0, 0.1) is 6.92 Å². The van der Waals surface area contributed by atoms with Gasteiger partial charge in [0.15, 0.2) is 5.78 Å². The number of rotatable bonds is 3. The van der Waals surface area contributed by atoms with Crippen molar-refractivity contribution in [2.75, 3.05) is 0 Å². The Morgan fingerprint density at radius 3 is 2.22 bits per heavy atom. The third kappa shape index (κ3) is 3.46. The maximum atomic E-state index is 13.1. The Kier molecular flexibility index (Phi) is 4.69. The SMILES string of the molecule is CCc1ccc(C2CC(=O)C3=C(C2)NC(=O)CC3c2ccc(C)cc2)cc1. The lowest BCUT2D eigenvalue weighted by molar-refractivity contribution is -0.122. The third-order valence-corrected chi connectivity index (χ3v) is 5.88. The fraction of sp³-hybridized carbons (Fsp3) is 0.333. The van der Waals surface area contributed by atoms with Gasteiger partial charge in [-0.25, -0.2) is 0 Å². The van der Waals surface area contributed by atoms with Crippen molar-refractivity contribution in [2.45, 2.75) is 51.4 Å². The average molecular weight is 359 g/mol. The van der Waals surface area contributed by atoms with Gasteiger partial charge in [0.05, 0.1) is 0 Å². The van der Waals surface area contributed by atoms with Gasteiger partial charge >= 0.3 is 0 Å². The Hall–Kier alpha value is -2.68. The number of carbonyl (C=O) groups excluding carboxylic acids is 2. The predicted octanol–water partition coefficient (Wildman–Crippen LogP) is 4.56. The Morgan fingerprint density at radius 2 is 1.56 bits per heavy atom. The normalized spacial score (nSPS) is 22.4. The molecule has 1 heterocycles. The van der Waals surface area contributed by atoms with E-state index in [-0.39, 0.29) is 23.5 Å². The maximum absolute atomic E-state index is 13.1. The van der Waals surface area contributed by atoms with Crippen molar-refractivity contribution in [3.05, 3.63) is 82.1 Å². The van der Waals surface area contributed by atoms with Crippen LogP contribution >= 0.6 is 0 Å². The number of benzene rings is 2. The smallest absolute Gasteiger partial charge is 0.225 e. The van der Waals surface area contributed by atoms with Gasteiger partial charge in [-0.15, -0.1) is 0 Å². The van der Waals surface area contributed by atoms with Gasteiger partial charge in [0.2, 0.25) is 5.91 Å². The van der Waals surface area contributed by atoms with Gasteiger partial charge in [0.25, 0.3) is 0 Å². The Labute approximate surface area is 160 Å². The molecule has 1 aliphatic heterocycles. The summed E-state index contributed by atoms with van der Waals surface area (Å²) in [7, 11) is 0. The van der Waals surface area contributed by atoms with E-state index < -0.39 is 0 Å². The van der Waals surface area contributed by atoms with E-state index in [9.17, 15) is 9.59 Å². The summed E-state index contributed by atoms with van der Waals surface area (Å²) in [6, 6.07) is 16.7. The first-order valence-electron chi connectivity index (χ1n) is 9.76. The molecule has 2 aliphatic rings. The molecule has 0 saturated carbocycles. The molecule has 2 aromatic carbocycles. The van der Waals surface area contributed by atoms with Gasteiger partial charge in [-0.05, 0) is 42.4 Å². The molecule has 0 fully saturated rings. The van der Waals surface area contributed by atoms with Crippen molar-refractivity contribution >= 4 is 11.7 Å². The van der Waals surface area contributed by atoms with Gasteiger partial charge in [0.1, 0.15) is 0 Å². The van der Waals surface area contributed by atoms with E-state index in [4.69, 9.17) is 0 Å². The van der Waals surface area contributed by atoms with Crippen LogP contribution in [-0.4, -0.2) is 11.7 Å². The van der Waals surface area contributed by atoms with Gasteiger partial charge in [-0.3, -0.25) is 9.59 Å².